The van der Waals surface area contributed by atoms with E-state index in [9.17, 15) is 9.90 Å². The fraction of sp³-hybridized carbons (Fsp3) is 0.214. The van der Waals surface area contributed by atoms with Gasteiger partial charge in [-0.3, -0.25) is 9.78 Å². The highest BCUT2D eigenvalue weighted by Gasteiger charge is 2.38. The number of aldehydes is 1. The molecule has 0 aliphatic carbocycles. The van der Waals surface area contributed by atoms with Crippen molar-refractivity contribution in [1.29, 1.82) is 0 Å². The topological polar surface area (TPSA) is 74.7 Å². The number of carbonyl (C=O) groups excluding carboxylic acids is 1. The quantitative estimate of drug-likeness (QED) is 0.325. The first-order chi connectivity index (χ1) is 16.5. The van der Waals surface area contributed by atoms with E-state index >= 15 is 0 Å². The highest BCUT2D eigenvalue weighted by Crippen LogP contribution is 2.25. The maximum atomic E-state index is 10.7. The molecule has 0 saturated carbocycles. The minimum Gasteiger partial charge on any atom is -0.387 e. The van der Waals surface area contributed by atoms with Crippen LogP contribution in [0.3, 0.4) is 0 Å². The van der Waals surface area contributed by atoms with Gasteiger partial charge < -0.3 is 14.8 Å². The summed E-state index contributed by atoms with van der Waals surface area (Å²) < 4.78 is 0. The van der Waals surface area contributed by atoms with Crippen molar-refractivity contribution in [2.45, 2.75) is 18.9 Å². The van der Waals surface area contributed by atoms with Crippen LogP contribution >= 0.6 is 0 Å². The molecule has 5 rings (SSSR count). The molecule has 174 valence electrons. The Hall–Kier alpha value is -3.74. The molecule has 2 heterocycles. The molecule has 1 aromatic heterocycles. The minimum atomic E-state index is -0.476. The van der Waals surface area contributed by atoms with E-state index in [-0.39, 0.29) is 0 Å². The van der Waals surface area contributed by atoms with Crippen molar-refractivity contribution in [2.75, 3.05) is 25.6 Å². The molecular weight excluding hydrogens is 426 g/mol. The Labute approximate surface area is 199 Å². The van der Waals surface area contributed by atoms with E-state index < -0.39 is 5.60 Å². The first kappa shape index (κ1) is 23.4. The molecule has 1 fully saturated rings. The zero-order valence-corrected chi connectivity index (χ0v) is 19.4. The van der Waals surface area contributed by atoms with Crippen molar-refractivity contribution in [2.24, 2.45) is 0 Å². The maximum Gasteiger partial charge on any atom is 0.181 e. The molecule has 0 atom stereocenters. The van der Waals surface area contributed by atoms with Crippen LogP contribution in [0.4, 0.5) is 5.69 Å². The number of β-amino-alcohol motifs (C(OH)–C–C–N with tert-alkyl or cyclic N) is 1. The Bertz CT molecular complexity index is 1250. The number of carbonyl (C=O) groups is 1. The third kappa shape index (κ3) is 5.78. The molecule has 1 aliphatic heterocycles. The summed E-state index contributed by atoms with van der Waals surface area (Å²) in [6, 6.07) is 25.2. The molecule has 0 radical (unpaired) electrons. The van der Waals surface area contributed by atoms with Crippen LogP contribution < -0.4 is 10.3 Å². The fourth-order valence-electron chi connectivity index (χ4n) is 4.19. The van der Waals surface area contributed by atoms with E-state index in [0.717, 1.165) is 48.0 Å². The number of nitrogens with zero attached hydrogens (tertiary/aromatic N) is 2. The lowest BCUT2D eigenvalue weighted by Crippen LogP contribution is -2.61. The zero-order chi connectivity index (χ0) is 24.0. The van der Waals surface area contributed by atoms with Gasteiger partial charge in [-0.25, -0.2) is 5.48 Å². The van der Waals surface area contributed by atoms with Gasteiger partial charge >= 0.3 is 0 Å². The Morgan fingerprint density at radius 3 is 2.53 bits per heavy atom. The standard InChI is InChI=1S/C17H14N2O2.C11H15NO/c1-12-10-13(11-20)7-8-15(12)19-21-16-6-2-4-14-5-3-9-18-17(14)16;1-12-8-11(13,9-12)7-10-5-3-2-4-6-10/h2-11,19H,1H3;2-6,13H,7-9H2,1H3. The molecule has 4 aromatic rings. The molecular formula is C28H29N3O3. The zero-order valence-electron chi connectivity index (χ0n) is 19.4. The number of fused-ring (bicyclic) bond motifs is 1. The molecule has 0 unspecified atom stereocenters. The molecule has 34 heavy (non-hydrogen) atoms. The van der Waals surface area contributed by atoms with Gasteiger partial charge in [-0.1, -0.05) is 48.5 Å². The molecule has 1 saturated heterocycles. The van der Waals surface area contributed by atoms with E-state index in [1.165, 1.54) is 5.56 Å². The number of benzene rings is 3. The van der Waals surface area contributed by atoms with Crippen molar-refractivity contribution in [3.8, 4) is 5.75 Å². The van der Waals surface area contributed by atoms with Crippen molar-refractivity contribution >= 4 is 22.9 Å². The van der Waals surface area contributed by atoms with E-state index in [1.807, 2.05) is 68.6 Å². The lowest BCUT2D eigenvalue weighted by Gasteiger charge is -2.44. The van der Waals surface area contributed by atoms with E-state index in [2.05, 4.69) is 27.5 Å². The van der Waals surface area contributed by atoms with Crippen molar-refractivity contribution in [3.63, 3.8) is 0 Å². The summed E-state index contributed by atoms with van der Waals surface area (Å²) >= 11 is 0. The van der Waals surface area contributed by atoms with Crippen LogP contribution in [-0.4, -0.2) is 47.0 Å². The maximum absolute atomic E-state index is 10.7. The van der Waals surface area contributed by atoms with Crippen LogP contribution in [0.1, 0.15) is 21.5 Å². The number of likely N-dealkylation sites (N-methyl/N-ethyl adjacent to an activating group) is 1. The molecule has 6 heteroatoms. The van der Waals surface area contributed by atoms with Crippen LogP contribution in [0.5, 0.6) is 5.75 Å². The number of nitrogens with one attached hydrogen (secondary N) is 1. The second-order valence-electron chi connectivity index (χ2n) is 8.79. The average molecular weight is 456 g/mol. The molecule has 2 N–H and O–H groups in total. The van der Waals surface area contributed by atoms with Crippen LogP contribution in [-0.2, 0) is 6.42 Å². The summed E-state index contributed by atoms with van der Waals surface area (Å²) in [4.78, 5) is 22.9. The number of aromatic nitrogens is 1. The summed E-state index contributed by atoms with van der Waals surface area (Å²) in [5, 5.41) is 11.0. The van der Waals surface area contributed by atoms with Crippen molar-refractivity contribution in [1.82, 2.24) is 9.88 Å². The Morgan fingerprint density at radius 1 is 1.06 bits per heavy atom. The largest absolute Gasteiger partial charge is 0.387 e. The lowest BCUT2D eigenvalue weighted by atomic mass is 9.88. The van der Waals surface area contributed by atoms with Gasteiger partial charge in [0.2, 0.25) is 0 Å². The van der Waals surface area contributed by atoms with Crippen molar-refractivity contribution < 1.29 is 14.7 Å². The van der Waals surface area contributed by atoms with Gasteiger partial charge in [0.05, 0.1) is 11.3 Å². The van der Waals surface area contributed by atoms with Crippen LogP contribution in [0.25, 0.3) is 10.9 Å². The van der Waals surface area contributed by atoms with E-state index in [1.54, 1.807) is 18.3 Å². The Balaban J connectivity index is 0.000000180. The predicted octanol–water partition coefficient (Wildman–Crippen LogP) is 4.67. The highest BCUT2D eigenvalue weighted by atomic mass is 16.6. The average Bonchev–Trinajstić information content (AvgIpc) is 2.83. The molecule has 0 bridgehead atoms. The lowest BCUT2D eigenvalue weighted by molar-refractivity contribution is -0.0847. The number of anilines is 1. The Kier molecular flexibility index (Phi) is 7.21. The number of aliphatic hydroxyl groups is 1. The van der Waals surface area contributed by atoms with Gasteiger partial charge in [-0.2, -0.15) is 0 Å². The van der Waals surface area contributed by atoms with Gasteiger partial charge in [0, 0.05) is 36.7 Å². The normalized spacial score (nSPS) is 14.4. The van der Waals surface area contributed by atoms with Crippen LogP contribution in [0.2, 0.25) is 0 Å². The summed E-state index contributed by atoms with van der Waals surface area (Å²) in [5.41, 5.74) is 6.86. The monoisotopic (exact) mass is 455 g/mol. The van der Waals surface area contributed by atoms with Gasteiger partial charge in [-0.15, -0.1) is 0 Å². The Morgan fingerprint density at radius 2 is 1.82 bits per heavy atom. The minimum absolute atomic E-state index is 0.476. The fourth-order valence-corrected chi connectivity index (χ4v) is 4.19. The summed E-state index contributed by atoms with van der Waals surface area (Å²) in [7, 11) is 2.03. The third-order valence-electron chi connectivity index (χ3n) is 5.76. The van der Waals surface area contributed by atoms with Crippen molar-refractivity contribution in [3.05, 3.63) is 102 Å². The summed E-state index contributed by atoms with van der Waals surface area (Å²) in [6.07, 6.45) is 3.34. The van der Waals surface area contributed by atoms with Crippen LogP contribution in [0, 0.1) is 6.92 Å². The number of likely N-dealkylation sites (tertiary alicyclic amines) is 1. The second-order valence-corrected chi connectivity index (χ2v) is 8.79. The van der Waals surface area contributed by atoms with Crippen LogP contribution in [0.15, 0.2) is 85.1 Å². The third-order valence-corrected chi connectivity index (χ3v) is 5.76. The predicted molar refractivity (Wildman–Crippen MR) is 135 cm³/mol. The number of rotatable bonds is 6. The number of aryl methyl sites for hydroxylation is 1. The van der Waals surface area contributed by atoms with Gasteiger partial charge in [0.1, 0.15) is 11.8 Å². The van der Waals surface area contributed by atoms with E-state index in [4.69, 9.17) is 4.84 Å². The van der Waals surface area contributed by atoms with Gasteiger partial charge in [-0.05, 0) is 55.4 Å². The first-order valence-electron chi connectivity index (χ1n) is 11.2. The summed E-state index contributed by atoms with van der Waals surface area (Å²) in [5.74, 6) is 0.659. The first-order valence-corrected chi connectivity index (χ1v) is 11.2. The number of hydrogen-bond acceptors (Lipinski definition) is 6. The summed E-state index contributed by atoms with van der Waals surface area (Å²) in [6.45, 7) is 3.50. The van der Waals surface area contributed by atoms with Gasteiger partial charge in [0.15, 0.2) is 5.75 Å². The molecule has 1 aliphatic rings. The van der Waals surface area contributed by atoms with Gasteiger partial charge in [0.25, 0.3) is 0 Å². The number of para-hydroxylation sites is 1. The molecule has 0 amide bonds. The number of hydrogen-bond donors (Lipinski definition) is 2. The molecule has 3 aromatic carbocycles. The highest BCUT2D eigenvalue weighted by molar-refractivity contribution is 5.84. The molecule has 6 nitrogen and oxygen atoms in total. The van der Waals surface area contributed by atoms with E-state index in [0.29, 0.717) is 11.3 Å². The SMILES string of the molecule is CN1CC(O)(Cc2ccccc2)C1.Cc1cc(C=O)ccc1NOc1cccc2cccnc12. The smallest absolute Gasteiger partial charge is 0.181 e. The second kappa shape index (κ2) is 10.5. The number of pyridine rings is 1. The molecule has 0 spiro atoms.